The van der Waals surface area contributed by atoms with Crippen LogP contribution in [0.25, 0.3) is 0 Å². The molecule has 100 valence electrons. The maximum atomic E-state index is 11.4. The smallest absolute Gasteiger partial charge is 0.224 e. The Bertz CT molecular complexity index is 399. The van der Waals surface area contributed by atoms with E-state index >= 15 is 0 Å². The molecule has 0 saturated carbocycles. The largest absolute Gasteiger partial charge is 0.385 e. The molecule has 0 radical (unpaired) electrons. The molecule has 0 spiro atoms. The van der Waals surface area contributed by atoms with Crippen molar-refractivity contribution in [2.24, 2.45) is 5.92 Å². The Kier molecular flexibility index (Phi) is 5.69. The number of amides is 1. The molecular formula is C15H24N2O. The Morgan fingerprint density at radius 1 is 1.28 bits per heavy atom. The third-order valence-corrected chi connectivity index (χ3v) is 2.97. The van der Waals surface area contributed by atoms with Crippen molar-refractivity contribution < 1.29 is 4.79 Å². The number of carbonyl (C=O) groups excluding carboxylic acids is 1. The lowest BCUT2D eigenvalue weighted by molar-refractivity contribution is -0.115. The first-order valence-corrected chi connectivity index (χ1v) is 6.68. The molecule has 3 heteroatoms. The number of rotatable bonds is 6. The molecule has 0 aliphatic carbocycles. The van der Waals surface area contributed by atoms with Gasteiger partial charge in [-0.3, -0.25) is 4.79 Å². The third kappa shape index (κ3) is 4.40. The minimum absolute atomic E-state index is 0.0532. The van der Waals surface area contributed by atoms with Crippen molar-refractivity contribution in [3.8, 4) is 0 Å². The van der Waals surface area contributed by atoms with Crippen LogP contribution in [0.3, 0.4) is 0 Å². The maximum absolute atomic E-state index is 11.4. The molecule has 18 heavy (non-hydrogen) atoms. The number of benzene rings is 1. The summed E-state index contributed by atoms with van der Waals surface area (Å²) < 4.78 is 0. The molecule has 1 amide bonds. The zero-order valence-electron chi connectivity index (χ0n) is 11.8. The number of nitrogens with one attached hydrogen (secondary N) is 2. The number of carbonyl (C=O) groups is 1. The molecule has 0 saturated heterocycles. The van der Waals surface area contributed by atoms with Crippen LogP contribution in [0.5, 0.6) is 0 Å². The molecule has 0 bridgehead atoms. The molecule has 0 aromatic heterocycles. The second-order valence-corrected chi connectivity index (χ2v) is 4.99. The Labute approximate surface area is 110 Å². The van der Waals surface area contributed by atoms with Crippen LogP contribution in [0.1, 0.15) is 39.2 Å². The third-order valence-electron chi connectivity index (χ3n) is 2.97. The average molecular weight is 248 g/mol. The van der Waals surface area contributed by atoms with E-state index in [0.717, 1.165) is 29.9 Å². The summed E-state index contributed by atoms with van der Waals surface area (Å²) in [4.78, 5) is 11.4. The monoisotopic (exact) mass is 248 g/mol. The summed E-state index contributed by atoms with van der Waals surface area (Å²) in [7, 11) is 0. The van der Waals surface area contributed by atoms with Gasteiger partial charge in [-0.05, 0) is 37.0 Å². The minimum Gasteiger partial charge on any atom is -0.385 e. The van der Waals surface area contributed by atoms with E-state index in [1.54, 1.807) is 0 Å². The van der Waals surface area contributed by atoms with Gasteiger partial charge in [0.25, 0.3) is 0 Å². The fourth-order valence-corrected chi connectivity index (χ4v) is 1.70. The summed E-state index contributed by atoms with van der Waals surface area (Å²) >= 11 is 0. The van der Waals surface area contributed by atoms with E-state index in [-0.39, 0.29) is 5.91 Å². The lowest BCUT2D eigenvalue weighted by Gasteiger charge is -2.14. The highest BCUT2D eigenvalue weighted by Crippen LogP contribution is 2.23. The highest BCUT2D eigenvalue weighted by molar-refractivity contribution is 5.92. The van der Waals surface area contributed by atoms with Gasteiger partial charge in [0.05, 0.1) is 0 Å². The van der Waals surface area contributed by atoms with E-state index in [1.807, 2.05) is 26.0 Å². The Hall–Kier alpha value is -1.51. The number of hydrogen-bond donors (Lipinski definition) is 2. The van der Waals surface area contributed by atoms with Crippen LogP contribution < -0.4 is 10.6 Å². The predicted molar refractivity (Wildman–Crippen MR) is 78.0 cm³/mol. The zero-order valence-corrected chi connectivity index (χ0v) is 11.8. The van der Waals surface area contributed by atoms with Crippen LogP contribution in [0.15, 0.2) is 18.2 Å². The van der Waals surface area contributed by atoms with Gasteiger partial charge < -0.3 is 10.6 Å². The molecule has 1 aromatic rings. The molecule has 2 N–H and O–H groups in total. The van der Waals surface area contributed by atoms with Crippen LogP contribution in [-0.2, 0) is 4.79 Å². The fourth-order valence-electron chi connectivity index (χ4n) is 1.70. The first-order valence-electron chi connectivity index (χ1n) is 6.68. The van der Waals surface area contributed by atoms with E-state index in [0.29, 0.717) is 12.3 Å². The van der Waals surface area contributed by atoms with Crippen molar-refractivity contribution in [1.29, 1.82) is 0 Å². The maximum Gasteiger partial charge on any atom is 0.224 e. The van der Waals surface area contributed by atoms with Crippen LogP contribution >= 0.6 is 0 Å². The quantitative estimate of drug-likeness (QED) is 0.804. The highest BCUT2D eigenvalue weighted by Gasteiger charge is 2.06. The van der Waals surface area contributed by atoms with Crippen LogP contribution in [0.2, 0.25) is 0 Å². The Balaban J connectivity index is 2.69. The molecule has 0 aliphatic heterocycles. The lowest BCUT2D eigenvalue weighted by atomic mass is 10.1. The summed E-state index contributed by atoms with van der Waals surface area (Å²) in [5.41, 5.74) is 3.10. The van der Waals surface area contributed by atoms with Gasteiger partial charge in [-0.25, -0.2) is 0 Å². The van der Waals surface area contributed by atoms with E-state index < -0.39 is 0 Å². The number of anilines is 2. The van der Waals surface area contributed by atoms with Gasteiger partial charge in [0.1, 0.15) is 0 Å². The summed E-state index contributed by atoms with van der Waals surface area (Å²) in [6.45, 7) is 9.28. The second kappa shape index (κ2) is 7.04. The molecule has 0 heterocycles. The Morgan fingerprint density at radius 3 is 2.56 bits per heavy atom. The van der Waals surface area contributed by atoms with Gasteiger partial charge in [0, 0.05) is 24.3 Å². The van der Waals surface area contributed by atoms with Gasteiger partial charge in [-0.15, -0.1) is 0 Å². The van der Waals surface area contributed by atoms with Gasteiger partial charge in [0.15, 0.2) is 0 Å². The van der Waals surface area contributed by atoms with E-state index in [9.17, 15) is 4.79 Å². The van der Waals surface area contributed by atoms with Crippen molar-refractivity contribution in [3.05, 3.63) is 23.8 Å². The fraction of sp³-hybridized carbons (Fsp3) is 0.533. The molecular weight excluding hydrogens is 224 g/mol. The van der Waals surface area contributed by atoms with Gasteiger partial charge in [-0.1, -0.05) is 26.8 Å². The summed E-state index contributed by atoms with van der Waals surface area (Å²) in [6, 6.07) is 5.96. The molecule has 3 nitrogen and oxygen atoms in total. The lowest BCUT2D eigenvalue weighted by Crippen LogP contribution is -2.12. The topological polar surface area (TPSA) is 41.1 Å². The van der Waals surface area contributed by atoms with E-state index in [2.05, 4.69) is 30.5 Å². The van der Waals surface area contributed by atoms with Crippen molar-refractivity contribution in [2.75, 3.05) is 17.2 Å². The van der Waals surface area contributed by atoms with Crippen molar-refractivity contribution >= 4 is 17.3 Å². The Morgan fingerprint density at radius 2 is 1.94 bits per heavy atom. The van der Waals surface area contributed by atoms with Crippen LogP contribution in [0.4, 0.5) is 11.4 Å². The van der Waals surface area contributed by atoms with Crippen molar-refractivity contribution in [1.82, 2.24) is 0 Å². The number of hydrogen-bond acceptors (Lipinski definition) is 2. The predicted octanol–water partition coefficient (Wildman–Crippen LogP) is 3.80. The molecule has 0 aliphatic rings. The zero-order chi connectivity index (χ0) is 13.5. The van der Waals surface area contributed by atoms with Crippen LogP contribution in [0, 0.1) is 12.8 Å². The molecule has 1 aromatic carbocycles. The minimum atomic E-state index is 0.0532. The SMILES string of the molecule is CCC(=O)Nc1cccc(NCCC(C)C)c1C. The summed E-state index contributed by atoms with van der Waals surface area (Å²) in [5.74, 6) is 0.748. The standard InChI is InChI=1S/C15H24N2O/c1-5-15(18)17-14-8-6-7-13(12(14)4)16-10-9-11(2)3/h6-8,11,16H,5,9-10H2,1-4H3,(H,17,18). The van der Waals surface area contributed by atoms with Crippen molar-refractivity contribution in [2.45, 2.75) is 40.5 Å². The molecule has 0 unspecified atom stereocenters. The molecule has 1 rings (SSSR count). The van der Waals surface area contributed by atoms with E-state index in [1.165, 1.54) is 0 Å². The van der Waals surface area contributed by atoms with E-state index in [4.69, 9.17) is 0 Å². The highest BCUT2D eigenvalue weighted by atomic mass is 16.1. The van der Waals surface area contributed by atoms with Gasteiger partial charge in [0.2, 0.25) is 5.91 Å². The van der Waals surface area contributed by atoms with Crippen LogP contribution in [-0.4, -0.2) is 12.5 Å². The summed E-state index contributed by atoms with van der Waals surface area (Å²) in [6.07, 6.45) is 1.65. The van der Waals surface area contributed by atoms with Crippen molar-refractivity contribution in [3.63, 3.8) is 0 Å². The molecule has 0 fully saturated rings. The second-order valence-electron chi connectivity index (χ2n) is 4.99. The van der Waals surface area contributed by atoms with Gasteiger partial charge >= 0.3 is 0 Å². The average Bonchev–Trinajstić information content (AvgIpc) is 2.33. The molecule has 0 atom stereocenters. The first-order chi connectivity index (χ1) is 8.54. The summed E-state index contributed by atoms with van der Waals surface area (Å²) in [5, 5.41) is 6.35. The first kappa shape index (κ1) is 14.6. The normalized spacial score (nSPS) is 10.5. The van der Waals surface area contributed by atoms with Gasteiger partial charge in [-0.2, -0.15) is 0 Å².